The van der Waals surface area contributed by atoms with Gasteiger partial charge < -0.3 is 31.0 Å². The Hall–Kier alpha value is -4.02. The monoisotopic (exact) mass is 524 g/mol. The lowest BCUT2D eigenvalue weighted by atomic mass is 9.91. The van der Waals surface area contributed by atoms with Gasteiger partial charge in [-0.05, 0) is 68.0 Å². The summed E-state index contributed by atoms with van der Waals surface area (Å²) in [5, 5.41) is 7.63. The van der Waals surface area contributed by atoms with Crippen molar-refractivity contribution >= 4 is 34.1 Å². The lowest BCUT2D eigenvalue weighted by Gasteiger charge is -2.29. The summed E-state index contributed by atoms with van der Waals surface area (Å²) >= 11 is 0. The Kier molecular flexibility index (Phi) is 5.75. The molecule has 4 aromatic rings. The van der Waals surface area contributed by atoms with Gasteiger partial charge in [-0.3, -0.25) is 9.78 Å². The van der Waals surface area contributed by atoms with Crippen LogP contribution in [0, 0.1) is 0 Å². The van der Waals surface area contributed by atoms with Gasteiger partial charge in [0, 0.05) is 47.4 Å². The molecule has 2 aliphatic carbocycles. The van der Waals surface area contributed by atoms with Gasteiger partial charge in [0.25, 0.3) is 5.91 Å². The molecule has 3 aromatic heterocycles. The Bertz CT molecular complexity index is 1520. The third-order valence-electron chi connectivity index (χ3n) is 8.46. The molecule has 4 heterocycles. The minimum absolute atomic E-state index is 0.0301. The number of fused-ring (bicyclic) bond motifs is 3. The second-order valence-corrected chi connectivity index (χ2v) is 11.1. The van der Waals surface area contributed by atoms with Gasteiger partial charge in [0.1, 0.15) is 23.5 Å². The molecule has 7 rings (SSSR count). The first kappa shape index (κ1) is 24.1. The van der Waals surface area contributed by atoms with Crippen LogP contribution in [0.1, 0.15) is 42.6 Å². The maximum absolute atomic E-state index is 13.0. The molecule has 0 spiro atoms. The number of benzene rings is 1. The zero-order valence-corrected chi connectivity index (χ0v) is 21.7. The summed E-state index contributed by atoms with van der Waals surface area (Å²) in [5.74, 6) is 0.674. The van der Waals surface area contributed by atoms with Crippen molar-refractivity contribution < 1.29 is 9.53 Å². The summed E-state index contributed by atoms with van der Waals surface area (Å²) in [5.41, 5.74) is 11.2. The van der Waals surface area contributed by atoms with E-state index in [0.29, 0.717) is 24.6 Å². The summed E-state index contributed by atoms with van der Waals surface area (Å²) in [4.78, 5) is 31.9. The summed E-state index contributed by atoms with van der Waals surface area (Å²) in [7, 11) is 0. The number of hydrogen-bond donors (Lipinski definition) is 4. The predicted molar refractivity (Wildman–Crippen MR) is 151 cm³/mol. The highest BCUT2D eigenvalue weighted by Crippen LogP contribution is 2.50. The quantitative estimate of drug-likeness (QED) is 0.298. The average molecular weight is 525 g/mol. The van der Waals surface area contributed by atoms with Gasteiger partial charge in [0.2, 0.25) is 0 Å². The second-order valence-electron chi connectivity index (χ2n) is 11.1. The van der Waals surface area contributed by atoms with Crippen LogP contribution in [0.4, 0.5) is 17.2 Å². The van der Waals surface area contributed by atoms with Gasteiger partial charge in [-0.15, -0.1) is 0 Å². The third kappa shape index (κ3) is 4.59. The average Bonchev–Trinajstić information content (AvgIpc) is 3.64. The topological polar surface area (TPSA) is 134 Å². The van der Waals surface area contributed by atoms with E-state index in [0.717, 1.165) is 79.0 Å². The number of hydrogen-bond acceptors (Lipinski definition) is 8. The highest BCUT2D eigenvalue weighted by molar-refractivity contribution is 6.03. The van der Waals surface area contributed by atoms with Gasteiger partial charge in [0.05, 0.1) is 18.6 Å². The molecule has 10 nitrogen and oxygen atoms in total. The van der Waals surface area contributed by atoms with Crippen LogP contribution in [-0.4, -0.2) is 63.2 Å². The van der Waals surface area contributed by atoms with Crippen LogP contribution in [0.5, 0.6) is 0 Å². The van der Waals surface area contributed by atoms with E-state index in [-0.39, 0.29) is 17.0 Å². The smallest absolute Gasteiger partial charge is 0.274 e. The van der Waals surface area contributed by atoms with E-state index in [4.69, 9.17) is 10.5 Å². The molecular formula is C29H32N8O2. The van der Waals surface area contributed by atoms with Crippen molar-refractivity contribution in [2.45, 2.75) is 43.2 Å². The first-order valence-corrected chi connectivity index (χ1v) is 13.6. The summed E-state index contributed by atoms with van der Waals surface area (Å²) in [6, 6.07) is 13.6. The van der Waals surface area contributed by atoms with Gasteiger partial charge in [-0.25, -0.2) is 9.97 Å². The number of carbonyl (C=O) groups excluding carboxylic acids is 1. The SMILES string of the molecule is NC12CCC(Nc3ccnc(C(=O)Nc4ccc(-c5cc6c(N7CCOCC7)ncnc6[nH]5)cc4)c3)(CC1)C2. The van der Waals surface area contributed by atoms with E-state index >= 15 is 0 Å². The van der Waals surface area contributed by atoms with Crippen LogP contribution in [0.25, 0.3) is 22.3 Å². The first-order chi connectivity index (χ1) is 19.0. The number of H-pyrrole nitrogens is 1. The van der Waals surface area contributed by atoms with E-state index in [1.165, 1.54) is 0 Å². The molecule has 5 N–H and O–H groups in total. The highest BCUT2D eigenvalue weighted by atomic mass is 16.5. The molecule has 0 atom stereocenters. The maximum atomic E-state index is 13.0. The number of anilines is 3. The Morgan fingerprint density at radius 2 is 1.77 bits per heavy atom. The van der Waals surface area contributed by atoms with Crippen LogP contribution in [-0.2, 0) is 4.74 Å². The van der Waals surface area contributed by atoms with Crippen molar-refractivity contribution in [2.24, 2.45) is 5.73 Å². The molecule has 1 aromatic carbocycles. The number of nitrogens with two attached hydrogens (primary N) is 1. The van der Waals surface area contributed by atoms with Crippen LogP contribution >= 0.6 is 0 Å². The summed E-state index contributed by atoms with van der Waals surface area (Å²) in [6.45, 7) is 3.01. The van der Waals surface area contributed by atoms with Gasteiger partial charge in [0.15, 0.2) is 0 Å². The Morgan fingerprint density at radius 3 is 2.51 bits per heavy atom. The Labute approximate surface area is 226 Å². The van der Waals surface area contributed by atoms with E-state index in [2.05, 4.69) is 41.5 Å². The number of aromatic amines is 1. The van der Waals surface area contributed by atoms with E-state index in [1.807, 2.05) is 36.4 Å². The molecule has 39 heavy (non-hydrogen) atoms. The standard InChI is InChI=1S/C29H32N8O2/c30-28-6-8-29(17-28,9-7-28)36-21-5-10-31-24(15-21)27(38)34-20-3-1-19(2-4-20)23-16-22-25(35-23)32-18-33-26(22)37-11-13-39-14-12-37/h1-5,10,15-16,18H,6-9,11-14,17,30H2,(H,31,36)(H,34,38)(H,32,33,35). The molecular weight excluding hydrogens is 492 g/mol. The molecule has 1 saturated heterocycles. The fourth-order valence-corrected chi connectivity index (χ4v) is 6.40. The van der Waals surface area contributed by atoms with Crippen LogP contribution in [0.15, 0.2) is 55.0 Å². The number of pyridine rings is 1. The van der Waals surface area contributed by atoms with Crippen molar-refractivity contribution in [3.63, 3.8) is 0 Å². The number of morpholine rings is 1. The van der Waals surface area contributed by atoms with Crippen LogP contribution in [0.2, 0.25) is 0 Å². The number of amides is 1. The number of nitrogens with one attached hydrogen (secondary N) is 3. The van der Waals surface area contributed by atoms with Crippen LogP contribution < -0.4 is 21.3 Å². The van der Waals surface area contributed by atoms with Crippen molar-refractivity contribution in [2.75, 3.05) is 41.8 Å². The minimum atomic E-state index is -0.244. The first-order valence-electron chi connectivity index (χ1n) is 13.6. The molecule has 10 heteroatoms. The molecule has 2 bridgehead atoms. The second kappa shape index (κ2) is 9.32. The highest BCUT2D eigenvalue weighted by Gasteiger charge is 2.52. The molecule has 1 aliphatic heterocycles. The predicted octanol–water partition coefficient (Wildman–Crippen LogP) is 3.93. The van der Waals surface area contributed by atoms with Crippen molar-refractivity contribution in [1.29, 1.82) is 0 Å². The Morgan fingerprint density at radius 1 is 0.974 bits per heavy atom. The molecule has 3 aliphatic rings. The number of rotatable bonds is 6. The zero-order valence-electron chi connectivity index (χ0n) is 21.7. The lowest BCUT2D eigenvalue weighted by Crippen LogP contribution is -2.36. The molecule has 2 saturated carbocycles. The number of aromatic nitrogens is 4. The van der Waals surface area contributed by atoms with Crippen molar-refractivity contribution in [1.82, 2.24) is 19.9 Å². The maximum Gasteiger partial charge on any atom is 0.274 e. The van der Waals surface area contributed by atoms with Crippen LogP contribution in [0.3, 0.4) is 0 Å². The summed E-state index contributed by atoms with van der Waals surface area (Å²) in [6.07, 6.45) is 8.49. The minimum Gasteiger partial charge on any atom is -0.379 e. The van der Waals surface area contributed by atoms with E-state index in [1.54, 1.807) is 12.5 Å². The van der Waals surface area contributed by atoms with Crippen molar-refractivity contribution in [3.8, 4) is 11.3 Å². The molecule has 200 valence electrons. The summed E-state index contributed by atoms with van der Waals surface area (Å²) < 4.78 is 5.49. The fourth-order valence-electron chi connectivity index (χ4n) is 6.40. The van der Waals surface area contributed by atoms with E-state index < -0.39 is 0 Å². The van der Waals surface area contributed by atoms with E-state index in [9.17, 15) is 4.79 Å². The normalized spacial score (nSPS) is 24.3. The Balaban J connectivity index is 1.05. The molecule has 0 unspecified atom stereocenters. The number of carbonyl (C=O) groups is 1. The molecule has 3 fully saturated rings. The lowest BCUT2D eigenvalue weighted by molar-refractivity contribution is 0.102. The zero-order chi connectivity index (χ0) is 26.5. The largest absolute Gasteiger partial charge is 0.379 e. The van der Waals surface area contributed by atoms with Gasteiger partial charge in [-0.1, -0.05) is 12.1 Å². The van der Waals surface area contributed by atoms with Crippen molar-refractivity contribution in [3.05, 3.63) is 60.7 Å². The third-order valence-corrected chi connectivity index (χ3v) is 8.46. The molecule has 1 amide bonds. The fraction of sp³-hybridized carbons (Fsp3) is 0.379. The number of nitrogens with zero attached hydrogens (tertiary/aromatic N) is 4. The van der Waals surface area contributed by atoms with Gasteiger partial charge in [-0.2, -0.15) is 0 Å². The van der Waals surface area contributed by atoms with Gasteiger partial charge >= 0.3 is 0 Å². The number of ether oxygens (including phenoxy) is 1. The molecule has 0 radical (unpaired) electrons.